The van der Waals surface area contributed by atoms with Crippen LogP contribution in [0, 0.1) is 0 Å². The molecule has 0 spiro atoms. The van der Waals surface area contributed by atoms with E-state index in [9.17, 15) is 4.79 Å². The van der Waals surface area contributed by atoms with Gasteiger partial charge in [-0.15, -0.1) is 0 Å². The molecule has 1 rings (SSSR count). The molecule has 0 aromatic rings. The highest BCUT2D eigenvalue weighted by atomic mass is 16.5. The maximum absolute atomic E-state index is 11.7. The van der Waals surface area contributed by atoms with Crippen molar-refractivity contribution in [3.05, 3.63) is 0 Å². The second-order valence-electron chi connectivity index (χ2n) is 3.42. The third-order valence-corrected chi connectivity index (χ3v) is 2.53. The SMILES string of the molecule is CCN(C)C(=O)C1COCCN1C. The normalized spacial score (nSPS) is 24.4. The van der Waals surface area contributed by atoms with Crippen molar-refractivity contribution in [3.8, 4) is 0 Å². The van der Waals surface area contributed by atoms with Gasteiger partial charge in [0, 0.05) is 20.1 Å². The smallest absolute Gasteiger partial charge is 0.242 e. The number of nitrogens with zero attached hydrogens (tertiary/aromatic N) is 2. The minimum Gasteiger partial charge on any atom is -0.378 e. The van der Waals surface area contributed by atoms with Gasteiger partial charge in [0.05, 0.1) is 13.2 Å². The lowest BCUT2D eigenvalue weighted by Gasteiger charge is -2.33. The Labute approximate surface area is 79.4 Å². The predicted octanol–water partition coefficient (Wildman–Crippen LogP) is -0.205. The molecule has 4 nitrogen and oxygen atoms in total. The van der Waals surface area contributed by atoms with Crippen LogP contribution >= 0.6 is 0 Å². The zero-order valence-electron chi connectivity index (χ0n) is 8.62. The van der Waals surface area contributed by atoms with E-state index >= 15 is 0 Å². The summed E-state index contributed by atoms with van der Waals surface area (Å²) in [7, 11) is 3.79. The first-order valence-corrected chi connectivity index (χ1v) is 4.69. The highest BCUT2D eigenvalue weighted by molar-refractivity contribution is 5.81. The van der Waals surface area contributed by atoms with Crippen LogP contribution in [0.2, 0.25) is 0 Å². The van der Waals surface area contributed by atoms with Crippen LogP contribution in [0.15, 0.2) is 0 Å². The number of amides is 1. The van der Waals surface area contributed by atoms with Crippen LogP contribution in [0.1, 0.15) is 6.92 Å². The molecule has 0 aliphatic carbocycles. The van der Waals surface area contributed by atoms with Gasteiger partial charge in [-0.3, -0.25) is 9.69 Å². The van der Waals surface area contributed by atoms with Crippen LogP contribution < -0.4 is 0 Å². The molecule has 1 fully saturated rings. The summed E-state index contributed by atoms with van der Waals surface area (Å²) in [5, 5.41) is 0. The Bertz CT molecular complexity index is 184. The molecule has 1 amide bonds. The minimum absolute atomic E-state index is 0.0845. The zero-order chi connectivity index (χ0) is 9.84. The fraction of sp³-hybridized carbons (Fsp3) is 0.889. The van der Waals surface area contributed by atoms with Crippen molar-refractivity contribution in [3.63, 3.8) is 0 Å². The second-order valence-corrected chi connectivity index (χ2v) is 3.42. The summed E-state index contributed by atoms with van der Waals surface area (Å²) in [4.78, 5) is 15.5. The Balaban J connectivity index is 2.53. The van der Waals surface area contributed by atoms with Crippen LogP contribution in [0.5, 0.6) is 0 Å². The molecule has 0 radical (unpaired) electrons. The van der Waals surface area contributed by atoms with Crippen LogP contribution in [-0.4, -0.2) is 62.1 Å². The summed E-state index contributed by atoms with van der Waals surface area (Å²) in [5.74, 6) is 0.157. The van der Waals surface area contributed by atoms with Crippen molar-refractivity contribution in [1.29, 1.82) is 0 Å². The molecule has 1 saturated heterocycles. The molecular weight excluding hydrogens is 168 g/mol. The number of ether oxygens (including phenoxy) is 1. The molecule has 1 atom stereocenters. The number of hydrogen-bond donors (Lipinski definition) is 0. The fourth-order valence-corrected chi connectivity index (χ4v) is 1.36. The highest BCUT2D eigenvalue weighted by Crippen LogP contribution is 2.06. The van der Waals surface area contributed by atoms with Gasteiger partial charge >= 0.3 is 0 Å². The van der Waals surface area contributed by atoms with Gasteiger partial charge in [-0.1, -0.05) is 0 Å². The standard InChI is InChI=1S/C9H18N2O2/c1-4-10(2)9(12)8-7-13-6-5-11(8)3/h8H,4-7H2,1-3H3. The van der Waals surface area contributed by atoms with Crippen molar-refractivity contribution in [1.82, 2.24) is 9.80 Å². The van der Waals surface area contributed by atoms with Crippen molar-refractivity contribution >= 4 is 5.91 Å². The van der Waals surface area contributed by atoms with Gasteiger partial charge < -0.3 is 9.64 Å². The first kappa shape index (κ1) is 10.5. The lowest BCUT2D eigenvalue weighted by Crippen LogP contribution is -2.52. The van der Waals surface area contributed by atoms with Crippen LogP contribution in [-0.2, 0) is 9.53 Å². The third-order valence-electron chi connectivity index (χ3n) is 2.53. The number of likely N-dealkylation sites (N-methyl/N-ethyl adjacent to an activating group) is 2. The van der Waals surface area contributed by atoms with Gasteiger partial charge in [0.2, 0.25) is 5.91 Å². The summed E-state index contributed by atoms with van der Waals surface area (Å²) in [6.45, 7) is 4.83. The van der Waals surface area contributed by atoms with Gasteiger partial charge in [0.1, 0.15) is 6.04 Å². The molecule has 0 bridgehead atoms. The number of morpholine rings is 1. The summed E-state index contributed by atoms with van der Waals surface area (Å²) in [6.07, 6.45) is 0. The van der Waals surface area contributed by atoms with E-state index in [0.717, 1.165) is 19.7 Å². The third kappa shape index (κ3) is 2.42. The van der Waals surface area contributed by atoms with Gasteiger partial charge in [0.15, 0.2) is 0 Å². The van der Waals surface area contributed by atoms with Gasteiger partial charge in [0.25, 0.3) is 0 Å². The van der Waals surface area contributed by atoms with E-state index < -0.39 is 0 Å². The summed E-state index contributed by atoms with van der Waals surface area (Å²) >= 11 is 0. The maximum atomic E-state index is 11.7. The summed E-state index contributed by atoms with van der Waals surface area (Å²) in [5.41, 5.74) is 0. The van der Waals surface area contributed by atoms with Crippen molar-refractivity contribution in [2.75, 3.05) is 40.4 Å². The van der Waals surface area contributed by atoms with Crippen LogP contribution in [0.25, 0.3) is 0 Å². The van der Waals surface area contributed by atoms with E-state index in [4.69, 9.17) is 4.74 Å². The van der Waals surface area contributed by atoms with Gasteiger partial charge in [-0.05, 0) is 14.0 Å². The first-order chi connectivity index (χ1) is 6.16. The quantitative estimate of drug-likeness (QED) is 0.598. The lowest BCUT2D eigenvalue weighted by atomic mass is 10.2. The van der Waals surface area contributed by atoms with Crippen molar-refractivity contribution in [2.45, 2.75) is 13.0 Å². The molecule has 13 heavy (non-hydrogen) atoms. The number of carbonyl (C=O) groups excluding carboxylic acids is 1. The van der Waals surface area contributed by atoms with E-state index in [2.05, 4.69) is 4.90 Å². The molecule has 0 aromatic carbocycles. The van der Waals surface area contributed by atoms with Crippen LogP contribution in [0.4, 0.5) is 0 Å². The van der Waals surface area contributed by atoms with E-state index in [0.29, 0.717) is 6.61 Å². The van der Waals surface area contributed by atoms with E-state index in [1.54, 1.807) is 4.90 Å². The Morgan fingerprint density at radius 3 is 2.92 bits per heavy atom. The molecule has 1 aliphatic heterocycles. The molecule has 1 heterocycles. The van der Waals surface area contributed by atoms with E-state index in [1.165, 1.54) is 0 Å². The topological polar surface area (TPSA) is 32.8 Å². The molecule has 0 saturated carbocycles. The van der Waals surface area contributed by atoms with Crippen molar-refractivity contribution < 1.29 is 9.53 Å². The molecule has 4 heteroatoms. The zero-order valence-corrected chi connectivity index (χ0v) is 8.62. The van der Waals surface area contributed by atoms with Gasteiger partial charge in [-0.25, -0.2) is 0 Å². The highest BCUT2D eigenvalue weighted by Gasteiger charge is 2.28. The van der Waals surface area contributed by atoms with Crippen molar-refractivity contribution in [2.24, 2.45) is 0 Å². The molecule has 0 N–H and O–H groups in total. The van der Waals surface area contributed by atoms with E-state index in [1.807, 2.05) is 21.0 Å². The Morgan fingerprint density at radius 2 is 2.38 bits per heavy atom. The van der Waals surface area contributed by atoms with Crippen LogP contribution in [0.3, 0.4) is 0 Å². The second kappa shape index (κ2) is 4.58. The molecule has 1 unspecified atom stereocenters. The summed E-state index contributed by atoms with van der Waals surface area (Å²) in [6, 6.07) is -0.0845. The number of hydrogen-bond acceptors (Lipinski definition) is 3. The minimum atomic E-state index is -0.0845. The first-order valence-electron chi connectivity index (χ1n) is 4.69. The number of rotatable bonds is 2. The maximum Gasteiger partial charge on any atom is 0.242 e. The van der Waals surface area contributed by atoms with Gasteiger partial charge in [-0.2, -0.15) is 0 Å². The Morgan fingerprint density at radius 1 is 1.69 bits per heavy atom. The predicted molar refractivity (Wildman–Crippen MR) is 50.5 cm³/mol. The molecule has 76 valence electrons. The molecule has 0 aromatic heterocycles. The number of carbonyl (C=O) groups is 1. The Kier molecular flexibility index (Phi) is 3.69. The average molecular weight is 186 g/mol. The monoisotopic (exact) mass is 186 g/mol. The van der Waals surface area contributed by atoms with E-state index in [-0.39, 0.29) is 11.9 Å². The largest absolute Gasteiger partial charge is 0.378 e. The Hall–Kier alpha value is -0.610. The average Bonchev–Trinajstić information content (AvgIpc) is 2.16. The summed E-state index contributed by atoms with van der Waals surface area (Å²) < 4.78 is 5.28. The lowest BCUT2D eigenvalue weighted by molar-refractivity contribution is -0.140. The fourth-order valence-electron chi connectivity index (χ4n) is 1.36. The molecular formula is C9H18N2O2. The molecule has 1 aliphatic rings.